The highest BCUT2D eigenvalue weighted by Crippen LogP contribution is 2.41. The van der Waals surface area contributed by atoms with Crippen molar-refractivity contribution in [3.63, 3.8) is 0 Å². The van der Waals surface area contributed by atoms with Gasteiger partial charge in [0, 0.05) is 11.8 Å². The predicted octanol–water partition coefficient (Wildman–Crippen LogP) is 4.48. The minimum Gasteiger partial charge on any atom is -0.326 e. The summed E-state index contributed by atoms with van der Waals surface area (Å²) in [5.74, 6) is -3.20. The highest BCUT2D eigenvalue weighted by atomic mass is 19.1. The number of carbonyl (C=O) groups excluding carboxylic acids is 2. The molecule has 142 valence electrons. The summed E-state index contributed by atoms with van der Waals surface area (Å²) in [5.41, 5.74) is 1.51. The van der Waals surface area contributed by atoms with Gasteiger partial charge in [0.1, 0.15) is 11.6 Å². The minimum absolute atomic E-state index is 0.0921. The van der Waals surface area contributed by atoms with Crippen LogP contribution >= 0.6 is 0 Å². The van der Waals surface area contributed by atoms with Gasteiger partial charge in [-0.15, -0.1) is 0 Å². The molecule has 1 aliphatic carbocycles. The first-order valence-electron chi connectivity index (χ1n) is 8.83. The molecule has 2 aromatic carbocycles. The van der Waals surface area contributed by atoms with Crippen LogP contribution in [0.3, 0.4) is 0 Å². The van der Waals surface area contributed by atoms with Gasteiger partial charge in [0.15, 0.2) is 0 Å². The first-order chi connectivity index (χ1) is 12.7. The van der Waals surface area contributed by atoms with Crippen molar-refractivity contribution in [2.24, 2.45) is 11.8 Å². The van der Waals surface area contributed by atoms with Gasteiger partial charge >= 0.3 is 0 Å². The van der Waals surface area contributed by atoms with E-state index in [-0.39, 0.29) is 17.0 Å². The number of anilines is 2. The Kier molecular flexibility index (Phi) is 5.00. The average Bonchev–Trinajstić information content (AvgIpc) is 3.38. The lowest BCUT2D eigenvalue weighted by molar-refractivity contribution is -0.122. The van der Waals surface area contributed by atoms with Crippen molar-refractivity contribution in [3.05, 3.63) is 59.7 Å². The van der Waals surface area contributed by atoms with Crippen molar-refractivity contribution >= 4 is 23.2 Å². The summed E-state index contributed by atoms with van der Waals surface area (Å²) in [6.45, 7) is 6.17. The SMILES string of the molecule is CC(C)(C)c1ccccc1NC(=O)C1CC1C(=O)Nc1ccc(F)cc1F. The molecule has 0 saturated heterocycles. The second kappa shape index (κ2) is 7.10. The summed E-state index contributed by atoms with van der Waals surface area (Å²) in [6, 6.07) is 10.5. The van der Waals surface area contributed by atoms with E-state index in [0.717, 1.165) is 17.3 Å². The van der Waals surface area contributed by atoms with E-state index in [2.05, 4.69) is 31.4 Å². The van der Waals surface area contributed by atoms with Crippen molar-refractivity contribution in [2.75, 3.05) is 10.6 Å². The molecule has 27 heavy (non-hydrogen) atoms. The lowest BCUT2D eigenvalue weighted by Crippen LogP contribution is -2.23. The van der Waals surface area contributed by atoms with Gasteiger partial charge in [-0.2, -0.15) is 0 Å². The van der Waals surface area contributed by atoms with Gasteiger partial charge in [0.05, 0.1) is 17.5 Å². The van der Waals surface area contributed by atoms with Crippen LogP contribution in [-0.4, -0.2) is 11.8 Å². The van der Waals surface area contributed by atoms with Gasteiger partial charge in [-0.1, -0.05) is 39.0 Å². The van der Waals surface area contributed by atoms with E-state index in [0.29, 0.717) is 12.5 Å². The van der Waals surface area contributed by atoms with E-state index in [1.54, 1.807) is 0 Å². The van der Waals surface area contributed by atoms with E-state index in [1.807, 2.05) is 24.3 Å². The highest BCUT2D eigenvalue weighted by Gasteiger charge is 2.48. The van der Waals surface area contributed by atoms with E-state index >= 15 is 0 Å². The van der Waals surface area contributed by atoms with Crippen LogP contribution in [-0.2, 0) is 15.0 Å². The molecule has 2 N–H and O–H groups in total. The Balaban J connectivity index is 1.63. The maximum atomic E-state index is 13.7. The number of hydrogen-bond acceptors (Lipinski definition) is 2. The number of amides is 2. The number of nitrogens with one attached hydrogen (secondary N) is 2. The molecule has 6 heteroatoms. The zero-order valence-corrected chi connectivity index (χ0v) is 15.5. The molecule has 0 aromatic heterocycles. The van der Waals surface area contributed by atoms with E-state index in [4.69, 9.17) is 0 Å². The lowest BCUT2D eigenvalue weighted by atomic mass is 9.86. The molecule has 0 spiro atoms. The molecule has 4 nitrogen and oxygen atoms in total. The normalized spacial score (nSPS) is 18.7. The van der Waals surface area contributed by atoms with Gasteiger partial charge in [0.2, 0.25) is 11.8 Å². The smallest absolute Gasteiger partial charge is 0.228 e. The Labute approximate surface area is 157 Å². The van der Waals surface area contributed by atoms with Crippen LogP contribution in [0.2, 0.25) is 0 Å². The van der Waals surface area contributed by atoms with E-state index < -0.39 is 29.4 Å². The summed E-state index contributed by atoms with van der Waals surface area (Å²) in [5, 5.41) is 5.33. The fourth-order valence-electron chi connectivity index (χ4n) is 3.06. The van der Waals surface area contributed by atoms with E-state index in [1.165, 1.54) is 6.07 Å². The fraction of sp³-hybridized carbons (Fsp3) is 0.333. The quantitative estimate of drug-likeness (QED) is 0.832. The van der Waals surface area contributed by atoms with Crippen LogP contribution < -0.4 is 10.6 Å². The molecule has 0 heterocycles. The van der Waals surface area contributed by atoms with Crippen molar-refractivity contribution < 1.29 is 18.4 Å². The molecule has 1 fully saturated rings. The number of para-hydroxylation sites is 1. The molecule has 2 unspecified atom stereocenters. The average molecular weight is 372 g/mol. The third-order valence-corrected chi connectivity index (χ3v) is 4.65. The van der Waals surface area contributed by atoms with Crippen LogP contribution in [0.1, 0.15) is 32.8 Å². The van der Waals surface area contributed by atoms with Crippen molar-refractivity contribution in [2.45, 2.75) is 32.6 Å². The largest absolute Gasteiger partial charge is 0.326 e. The molecule has 2 amide bonds. The number of halogens is 2. The predicted molar refractivity (Wildman–Crippen MR) is 100 cm³/mol. The highest BCUT2D eigenvalue weighted by molar-refractivity contribution is 6.03. The molecule has 3 rings (SSSR count). The lowest BCUT2D eigenvalue weighted by Gasteiger charge is -2.23. The van der Waals surface area contributed by atoms with Gasteiger partial charge in [-0.3, -0.25) is 9.59 Å². The maximum absolute atomic E-state index is 13.7. The van der Waals surface area contributed by atoms with Gasteiger partial charge in [-0.05, 0) is 35.6 Å². The molecule has 2 aromatic rings. The molecule has 0 radical (unpaired) electrons. The van der Waals surface area contributed by atoms with Crippen molar-refractivity contribution in [3.8, 4) is 0 Å². The Morgan fingerprint density at radius 2 is 1.52 bits per heavy atom. The number of hydrogen-bond donors (Lipinski definition) is 2. The van der Waals surface area contributed by atoms with Crippen LogP contribution in [0.5, 0.6) is 0 Å². The topological polar surface area (TPSA) is 58.2 Å². The summed E-state index contributed by atoms with van der Waals surface area (Å²) >= 11 is 0. The maximum Gasteiger partial charge on any atom is 0.228 e. The fourth-order valence-corrected chi connectivity index (χ4v) is 3.06. The van der Waals surface area contributed by atoms with Crippen LogP contribution in [0, 0.1) is 23.5 Å². The second-order valence-corrected chi connectivity index (χ2v) is 7.85. The summed E-state index contributed by atoms with van der Waals surface area (Å²) in [7, 11) is 0. The molecule has 0 bridgehead atoms. The van der Waals surface area contributed by atoms with Crippen molar-refractivity contribution in [1.82, 2.24) is 0 Å². The first-order valence-corrected chi connectivity index (χ1v) is 8.83. The third-order valence-electron chi connectivity index (χ3n) is 4.65. The Morgan fingerprint density at radius 3 is 2.11 bits per heavy atom. The monoisotopic (exact) mass is 372 g/mol. The number of benzene rings is 2. The van der Waals surface area contributed by atoms with Crippen LogP contribution in [0.4, 0.5) is 20.2 Å². The molecular formula is C21H22F2N2O2. The number of carbonyl (C=O) groups is 2. The summed E-state index contributed by atoms with van der Waals surface area (Å²) < 4.78 is 26.6. The Morgan fingerprint density at radius 1 is 0.926 bits per heavy atom. The van der Waals surface area contributed by atoms with E-state index in [9.17, 15) is 18.4 Å². The zero-order chi connectivity index (χ0) is 19.8. The van der Waals surface area contributed by atoms with Crippen LogP contribution in [0.15, 0.2) is 42.5 Å². The summed E-state index contributed by atoms with van der Waals surface area (Å²) in [6.07, 6.45) is 0.401. The van der Waals surface area contributed by atoms with Gasteiger partial charge in [0.25, 0.3) is 0 Å². The number of rotatable bonds is 4. The standard InChI is InChI=1S/C21H22F2N2O2/c1-21(2,3)15-6-4-5-7-17(15)24-19(26)13-11-14(13)20(27)25-18-9-8-12(22)10-16(18)23/h4-10,13-14H,11H2,1-3H3,(H,24,26)(H,25,27). The third kappa shape index (κ3) is 4.32. The molecule has 0 aliphatic heterocycles. The zero-order valence-electron chi connectivity index (χ0n) is 15.5. The molecule has 1 aliphatic rings. The van der Waals surface area contributed by atoms with Gasteiger partial charge in [-0.25, -0.2) is 8.78 Å². The van der Waals surface area contributed by atoms with Crippen LogP contribution in [0.25, 0.3) is 0 Å². The van der Waals surface area contributed by atoms with Crippen molar-refractivity contribution in [1.29, 1.82) is 0 Å². The molecule has 1 saturated carbocycles. The van der Waals surface area contributed by atoms with Gasteiger partial charge < -0.3 is 10.6 Å². The Hall–Kier alpha value is -2.76. The molecule has 2 atom stereocenters. The minimum atomic E-state index is -0.843. The summed E-state index contributed by atoms with van der Waals surface area (Å²) in [4.78, 5) is 24.8. The first kappa shape index (κ1) is 19.0. The Bertz CT molecular complexity index is 890. The second-order valence-electron chi connectivity index (χ2n) is 7.85. The molecular weight excluding hydrogens is 350 g/mol.